The third kappa shape index (κ3) is 3.91. The van der Waals surface area contributed by atoms with Gasteiger partial charge in [0, 0.05) is 36.6 Å². The van der Waals surface area contributed by atoms with Crippen molar-refractivity contribution in [3.8, 4) is 11.1 Å². The molecule has 0 atom stereocenters. The Bertz CT molecular complexity index is 1320. The molecule has 0 spiro atoms. The second-order valence-corrected chi connectivity index (χ2v) is 9.02. The molecule has 0 unspecified atom stereocenters. The van der Waals surface area contributed by atoms with Crippen LogP contribution in [0.4, 0.5) is 5.82 Å². The highest BCUT2D eigenvalue weighted by Gasteiger charge is 2.24. The number of carbonyl (C=O) groups excluding carboxylic acids is 1. The van der Waals surface area contributed by atoms with Crippen LogP contribution in [0.15, 0.2) is 65.5 Å². The SMILES string of the molecule is CCc1cc2c(N3CCN(C(=O)c4cccc(-c5ccccc5)c4)CC3)[nH]c(=O)nc2s1. The number of rotatable bonds is 4. The predicted molar refractivity (Wildman–Crippen MR) is 130 cm³/mol. The molecule has 7 heteroatoms. The number of benzene rings is 2. The number of hydrogen-bond donors (Lipinski definition) is 1. The van der Waals surface area contributed by atoms with Crippen molar-refractivity contribution >= 4 is 33.3 Å². The molecule has 162 valence electrons. The predicted octanol–water partition coefficient (Wildman–Crippen LogP) is 4.18. The maximum absolute atomic E-state index is 13.2. The van der Waals surface area contributed by atoms with Gasteiger partial charge in [0.2, 0.25) is 0 Å². The number of aryl methyl sites for hydroxylation is 1. The molecule has 0 bridgehead atoms. The van der Waals surface area contributed by atoms with Crippen LogP contribution in [0.5, 0.6) is 0 Å². The lowest BCUT2D eigenvalue weighted by atomic mass is 10.0. The van der Waals surface area contributed by atoms with E-state index in [1.165, 1.54) is 4.88 Å². The summed E-state index contributed by atoms with van der Waals surface area (Å²) >= 11 is 1.57. The number of aromatic amines is 1. The highest BCUT2D eigenvalue weighted by atomic mass is 32.1. The monoisotopic (exact) mass is 444 g/mol. The Morgan fingerprint density at radius 1 is 1.00 bits per heavy atom. The average Bonchev–Trinajstić information content (AvgIpc) is 3.27. The van der Waals surface area contributed by atoms with Gasteiger partial charge < -0.3 is 9.80 Å². The third-order valence-electron chi connectivity index (χ3n) is 5.90. The van der Waals surface area contributed by atoms with E-state index in [1.54, 1.807) is 11.3 Å². The van der Waals surface area contributed by atoms with Crippen LogP contribution in [-0.2, 0) is 6.42 Å². The Kier molecular flexibility index (Phi) is 5.49. The van der Waals surface area contributed by atoms with Crippen molar-refractivity contribution in [1.29, 1.82) is 0 Å². The Morgan fingerprint density at radius 2 is 1.75 bits per heavy atom. The fourth-order valence-electron chi connectivity index (χ4n) is 4.17. The number of nitrogens with zero attached hydrogens (tertiary/aromatic N) is 3. The highest BCUT2D eigenvalue weighted by Crippen LogP contribution is 2.30. The minimum absolute atomic E-state index is 0.0413. The van der Waals surface area contributed by atoms with Crippen LogP contribution in [-0.4, -0.2) is 47.0 Å². The van der Waals surface area contributed by atoms with Gasteiger partial charge in [0.1, 0.15) is 10.6 Å². The van der Waals surface area contributed by atoms with Gasteiger partial charge >= 0.3 is 5.69 Å². The molecule has 3 heterocycles. The number of nitrogens with one attached hydrogen (secondary N) is 1. The molecule has 32 heavy (non-hydrogen) atoms. The second kappa shape index (κ2) is 8.59. The van der Waals surface area contributed by atoms with E-state index in [2.05, 4.69) is 27.9 Å². The summed E-state index contributed by atoms with van der Waals surface area (Å²) in [6.45, 7) is 4.63. The van der Waals surface area contributed by atoms with Crippen molar-refractivity contribution in [3.63, 3.8) is 0 Å². The molecule has 0 aliphatic carbocycles. The first-order chi connectivity index (χ1) is 15.6. The number of piperazine rings is 1. The Hall–Kier alpha value is -3.45. The smallest absolute Gasteiger partial charge is 0.347 e. The van der Waals surface area contributed by atoms with Crippen LogP contribution in [0.2, 0.25) is 0 Å². The summed E-state index contributed by atoms with van der Waals surface area (Å²) in [5.41, 5.74) is 2.51. The molecule has 0 saturated carbocycles. The Morgan fingerprint density at radius 3 is 2.50 bits per heavy atom. The lowest BCUT2D eigenvalue weighted by Crippen LogP contribution is -2.49. The number of fused-ring (bicyclic) bond motifs is 1. The zero-order valence-electron chi connectivity index (χ0n) is 17.9. The van der Waals surface area contributed by atoms with E-state index in [4.69, 9.17) is 0 Å². The van der Waals surface area contributed by atoms with Gasteiger partial charge in [-0.3, -0.25) is 9.78 Å². The van der Waals surface area contributed by atoms with Crippen molar-refractivity contribution in [3.05, 3.63) is 81.6 Å². The van der Waals surface area contributed by atoms with Crippen LogP contribution in [0.25, 0.3) is 21.3 Å². The number of aromatic nitrogens is 2. The van der Waals surface area contributed by atoms with E-state index in [1.807, 2.05) is 59.5 Å². The molecule has 5 rings (SSSR count). The topological polar surface area (TPSA) is 69.3 Å². The van der Waals surface area contributed by atoms with Crippen LogP contribution < -0.4 is 10.6 Å². The molecule has 2 aromatic heterocycles. The fourth-order valence-corrected chi connectivity index (χ4v) is 5.14. The number of hydrogen-bond acceptors (Lipinski definition) is 5. The van der Waals surface area contributed by atoms with Gasteiger partial charge in [0.05, 0.1) is 5.39 Å². The fraction of sp³-hybridized carbons (Fsp3) is 0.240. The molecule has 6 nitrogen and oxygen atoms in total. The Labute approximate surface area is 190 Å². The average molecular weight is 445 g/mol. The first kappa shape index (κ1) is 20.5. The van der Waals surface area contributed by atoms with E-state index < -0.39 is 0 Å². The van der Waals surface area contributed by atoms with Crippen molar-refractivity contribution in [2.75, 3.05) is 31.1 Å². The first-order valence-corrected chi connectivity index (χ1v) is 11.7. The van der Waals surface area contributed by atoms with E-state index >= 15 is 0 Å². The van der Waals surface area contributed by atoms with E-state index in [0.29, 0.717) is 31.7 Å². The molecule has 1 N–H and O–H groups in total. The van der Waals surface area contributed by atoms with E-state index in [-0.39, 0.29) is 11.6 Å². The van der Waals surface area contributed by atoms with Gasteiger partial charge in [-0.05, 0) is 35.7 Å². The van der Waals surface area contributed by atoms with Gasteiger partial charge in [-0.25, -0.2) is 4.79 Å². The van der Waals surface area contributed by atoms with Gasteiger partial charge in [-0.1, -0.05) is 49.4 Å². The molecule has 1 amide bonds. The van der Waals surface area contributed by atoms with E-state index in [0.717, 1.165) is 33.6 Å². The lowest BCUT2D eigenvalue weighted by molar-refractivity contribution is 0.0746. The quantitative estimate of drug-likeness (QED) is 0.513. The minimum atomic E-state index is -0.326. The standard InChI is InChI=1S/C25H24N4O2S/c1-2-20-16-21-22(26-25(31)27-23(21)32-20)28-11-13-29(14-12-28)24(30)19-10-6-9-18(15-19)17-7-4-3-5-8-17/h3-10,15-16H,2,11-14H2,1H3,(H,26,27,31). The first-order valence-electron chi connectivity index (χ1n) is 10.8. The van der Waals surface area contributed by atoms with Gasteiger partial charge in [0.15, 0.2) is 0 Å². The number of amides is 1. The molecule has 0 radical (unpaired) electrons. The maximum atomic E-state index is 13.2. The molecule has 4 aromatic rings. The molecular weight excluding hydrogens is 420 g/mol. The number of thiophene rings is 1. The summed E-state index contributed by atoms with van der Waals surface area (Å²) < 4.78 is 0. The number of carbonyl (C=O) groups is 1. The van der Waals surface area contributed by atoms with Crippen molar-refractivity contribution < 1.29 is 4.79 Å². The van der Waals surface area contributed by atoms with Crippen molar-refractivity contribution in [2.24, 2.45) is 0 Å². The lowest BCUT2D eigenvalue weighted by Gasteiger charge is -2.36. The molecule has 1 fully saturated rings. The van der Waals surface area contributed by atoms with Crippen LogP contribution in [0.3, 0.4) is 0 Å². The molecule has 1 saturated heterocycles. The normalized spacial score (nSPS) is 14.2. The summed E-state index contributed by atoms with van der Waals surface area (Å²) in [5, 5.41) is 0.988. The van der Waals surface area contributed by atoms with Gasteiger partial charge in [-0.2, -0.15) is 4.98 Å². The largest absolute Gasteiger partial charge is 0.354 e. The highest BCUT2D eigenvalue weighted by molar-refractivity contribution is 7.18. The maximum Gasteiger partial charge on any atom is 0.347 e. The summed E-state index contributed by atoms with van der Waals surface area (Å²) in [7, 11) is 0. The summed E-state index contributed by atoms with van der Waals surface area (Å²) in [5.74, 6) is 0.855. The van der Waals surface area contributed by atoms with Crippen molar-refractivity contribution in [2.45, 2.75) is 13.3 Å². The van der Waals surface area contributed by atoms with Crippen molar-refractivity contribution in [1.82, 2.24) is 14.9 Å². The van der Waals surface area contributed by atoms with Gasteiger partial charge in [-0.15, -0.1) is 11.3 Å². The van der Waals surface area contributed by atoms with Crippen LogP contribution >= 0.6 is 11.3 Å². The van der Waals surface area contributed by atoms with Crippen LogP contribution in [0, 0.1) is 0 Å². The minimum Gasteiger partial charge on any atom is -0.354 e. The summed E-state index contributed by atoms with van der Waals surface area (Å²) in [6, 6.07) is 20.0. The summed E-state index contributed by atoms with van der Waals surface area (Å²) in [6.07, 6.45) is 0.916. The summed E-state index contributed by atoms with van der Waals surface area (Å²) in [4.78, 5) is 38.4. The number of H-pyrrole nitrogens is 1. The molecule has 2 aromatic carbocycles. The second-order valence-electron chi connectivity index (χ2n) is 7.90. The zero-order chi connectivity index (χ0) is 22.1. The van der Waals surface area contributed by atoms with E-state index in [9.17, 15) is 9.59 Å². The van der Waals surface area contributed by atoms with Crippen LogP contribution in [0.1, 0.15) is 22.2 Å². The third-order valence-corrected chi connectivity index (χ3v) is 7.07. The Balaban J connectivity index is 1.33. The zero-order valence-corrected chi connectivity index (χ0v) is 18.7. The molecule has 1 aliphatic rings. The van der Waals surface area contributed by atoms with Gasteiger partial charge in [0.25, 0.3) is 5.91 Å². The molecule has 1 aliphatic heterocycles. The molecular formula is C25H24N4O2S. The number of anilines is 1.